The van der Waals surface area contributed by atoms with Crippen LogP contribution in [-0.2, 0) is 10.6 Å². The van der Waals surface area contributed by atoms with E-state index in [-0.39, 0.29) is 0 Å². The molecule has 0 fully saturated rings. The molecule has 0 aliphatic rings. The molecule has 0 aromatic carbocycles. The van der Waals surface area contributed by atoms with Gasteiger partial charge in [-0.3, -0.25) is 0 Å². The molecule has 0 aliphatic carbocycles. The summed E-state index contributed by atoms with van der Waals surface area (Å²) in [5.41, 5.74) is 0. The Morgan fingerprint density at radius 1 is 0.824 bits per heavy atom. The molecule has 0 saturated carbocycles. The van der Waals surface area contributed by atoms with Crippen LogP contribution in [-0.4, -0.2) is 38.3 Å². The number of aromatic nitrogens is 2. The number of pyridine rings is 2. The fraction of sp³-hybridized carbons (Fsp3) is 0. The van der Waals surface area contributed by atoms with Crippen molar-refractivity contribution >= 4 is 37.5 Å². The van der Waals surface area contributed by atoms with Crippen LogP contribution in [0.2, 0.25) is 0 Å². The van der Waals surface area contributed by atoms with E-state index in [0.717, 1.165) is 0 Å². The van der Waals surface area contributed by atoms with Crippen LogP contribution in [0.1, 0.15) is 0 Å². The van der Waals surface area contributed by atoms with E-state index in [1.807, 2.05) is 0 Å². The molecule has 2 heterocycles. The Hall–Kier alpha value is -1.10. The first-order valence-electron chi connectivity index (χ1n) is 4.62. The molecule has 0 aliphatic heterocycles. The standard InChI is InChI=1S/C10H8N2O3Se2/c13-16(9-5-1-3-7-11-9)15-17(14)10-6-2-4-8-12-10/h1-8H. The van der Waals surface area contributed by atoms with Crippen LogP contribution in [0.25, 0.3) is 0 Å². The van der Waals surface area contributed by atoms with Crippen LogP contribution in [0.15, 0.2) is 48.8 Å². The van der Waals surface area contributed by atoms with Gasteiger partial charge in [0.25, 0.3) is 0 Å². The molecule has 0 saturated heterocycles. The van der Waals surface area contributed by atoms with Crippen LogP contribution in [0, 0.1) is 0 Å². The van der Waals surface area contributed by atoms with Gasteiger partial charge in [-0.25, -0.2) is 0 Å². The molecule has 88 valence electrons. The van der Waals surface area contributed by atoms with Crippen LogP contribution >= 0.6 is 0 Å². The van der Waals surface area contributed by atoms with Crippen molar-refractivity contribution in [2.24, 2.45) is 0 Å². The van der Waals surface area contributed by atoms with E-state index < -0.39 is 28.3 Å². The molecular formula is C10H8N2O3Se2. The van der Waals surface area contributed by atoms with Gasteiger partial charge in [-0.05, 0) is 0 Å². The van der Waals surface area contributed by atoms with Gasteiger partial charge >= 0.3 is 107 Å². The zero-order valence-corrected chi connectivity index (χ0v) is 12.0. The molecule has 0 amide bonds. The topological polar surface area (TPSA) is 69.2 Å². The molecule has 17 heavy (non-hydrogen) atoms. The zero-order valence-electron chi connectivity index (χ0n) is 8.55. The fourth-order valence-corrected chi connectivity index (χ4v) is 5.70. The molecule has 5 nitrogen and oxygen atoms in total. The third kappa shape index (κ3) is 3.43. The fourth-order valence-electron chi connectivity index (χ4n) is 1.02. The Morgan fingerprint density at radius 2 is 1.29 bits per heavy atom. The second-order valence-electron chi connectivity index (χ2n) is 2.87. The predicted molar refractivity (Wildman–Crippen MR) is 61.7 cm³/mol. The van der Waals surface area contributed by atoms with E-state index in [1.54, 1.807) is 36.4 Å². The quantitative estimate of drug-likeness (QED) is 0.683. The van der Waals surface area contributed by atoms with E-state index in [4.69, 9.17) is 2.90 Å². The van der Waals surface area contributed by atoms with Gasteiger partial charge in [0, 0.05) is 0 Å². The van der Waals surface area contributed by atoms with Crippen LogP contribution < -0.4 is 9.18 Å². The third-order valence-corrected chi connectivity index (χ3v) is 7.40. The normalized spacial score (nSPS) is 14.1. The van der Waals surface area contributed by atoms with Crippen LogP contribution in [0.3, 0.4) is 0 Å². The summed E-state index contributed by atoms with van der Waals surface area (Å²) < 4.78 is 29.2. The number of hydrogen-bond acceptors (Lipinski definition) is 5. The van der Waals surface area contributed by atoms with Gasteiger partial charge in [0.05, 0.1) is 0 Å². The molecule has 2 rings (SSSR count). The summed E-state index contributed by atoms with van der Waals surface area (Å²) >= 11 is -5.61. The Bertz CT molecular complexity index is 484. The maximum absolute atomic E-state index is 11.8. The molecule has 0 radical (unpaired) electrons. The minimum atomic E-state index is -2.81. The molecule has 0 N–H and O–H groups in total. The van der Waals surface area contributed by atoms with Crippen molar-refractivity contribution in [3.8, 4) is 0 Å². The average Bonchev–Trinajstić information content (AvgIpc) is 2.40. The van der Waals surface area contributed by atoms with E-state index in [0.29, 0.717) is 9.18 Å². The Morgan fingerprint density at radius 3 is 1.65 bits per heavy atom. The Labute approximate surface area is 107 Å². The van der Waals surface area contributed by atoms with Crippen molar-refractivity contribution in [2.75, 3.05) is 0 Å². The molecule has 2 aromatic heterocycles. The van der Waals surface area contributed by atoms with Crippen LogP contribution in [0.5, 0.6) is 0 Å². The second-order valence-corrected chi connectivity index (χ2v) is 8.37. The van der Waals surface area contributed by atoms with Crippen molar-refractivity contribution in [3.05, 3.63) is 48.8 Å². The SMILES string of the molecule is O=[Se](O[Se](=O)c1ccccn1)c1ccccn1. The van der Waals surface area contributed by atoms with Gasteiger partial charge in [0.2, 0.25) is 0 Å². The van der Waals surface area contributed by atoms with E-state index >= 15 is 0 Å². The van der Waals surface area contributed by atoms with Gasteiger partial charge < -0.3 is 0 Å². The van der Waals surface area contributed by atoms with Gasteiger partial charge in [-0.15, -0.1) is 0 Å². The molecule has 0 unspecified atom stereocenters. The van der Waals surface area contributed by atoms with Crippen molar-refractivity contribution in [3.63, 3.8) is 0 Å². The van der Waals surface area contributed by atoms with E-state index in [1.165, 1.54) is 12.4 Å². The van der Waals surface area contributed by atoms with Gasteiger partial charge in [-0.1, -0.05) is 0 Å². The monoisotopic (exact) mass is 364 g/mol. The molecule has 0 atom stereocenters. The zero-order chi connectivity index (χ0) is 12.1. The Kier molecular flexibility index (Phi) is 4.36. The summed E-state index contributed by atoms with van der Waals surface area (Å²) in [6.07, 6.45) is 3.04. The summed E-state index contributed by atoms with van der Waals surface area (Å²) in [7, 11) is 0. The second kappa shape index (κ2) is 6.00. The molecule has 7 heteroatoms. The molecule has 0 bridgehead atoms. The summed E-state index contributed by atoms with van der Waals surface area (Å²) in [6.45, 7) is 0. The van der Waals surface area contributed by atoms with Gasteiger partial charge in [-0.2, -0.15) is 0 Å². The van der Waals surface area contributed by atoms with Gasteiger partial charge in [0.1, 0.15) is 0 Å². The first-order chi connectivity index (χ1) is 8.27. The predicted octanol–water partition coefficient (Wildman–Crippen LogP) is -0.555. The summed E-state index contributed by atoms with van der Waals surface area (Å²) in [6, 6.07) is 10.0. The number of rotatable bonds is 4. The van der Waals surface area contributed by atoms with Crippen molar-refractivity contribution in [2.45, 2.75) is 0 Å². The molecule has 2 aromatic rings. The summed E-state index contributed by atoms with van der Waals surface area (Å²) in [5, 5.41) is 0. The third-order valence-electron chi connectivity index (χ3n) is 1.74. The van der Waals surface area contributed by atoms with Crippen molar-refractivity contribution in [1.82, 2.24) is 9.97 Å². The van der Waals surface area contributed by atoms with Crippen LogP contribution in [0.4, 0.5) is 0 Å². The summed E-state index contributed by atoms with van der Waals surface area (Å²) in [4.78, 5) is 7.81. The Balaban J connectivity index is 2.08. The summed E-state index contributed by atoms with van der Waals surface area (Å²) in [5.74, 6) is 0. The van der Waals surface area contributed by atoms with Crippen molar-refractivity contribution < 1.29 is 10.6 Å². The maximum atomic E-state index is 11.8. The molecule has 0 spiro atoms. The first kappa shape index (κ1) is 12.4. The number of nitrogens with zero attached hydrogens (tertiary/aromatic N) is 2. The average molecular weight is 362 g/mol. The molecular weight excluding hydrogens is 354 g/mol. The van der Waals surface area contributed by atoms with Gasteiger partial charge in [0.15, 0.2) is 0 Å². The minimum absolute atomic E-state index is 0.341. The van der Waals surface area contributed by atoms with E-state index in [9.17, 15) is 7.67 Å². The van der Waals surface area contributed by atoms with E-state index in [2.05, 4.69) is 9.97 Å². The van der Waals surface area contributed by atoms with Crippen molar-refractivity contribution in [1.29, 1.82) is 0 Å². The number of hydrogen-bond donors (Lipinski definition) is 0. The first-order valence-corrected chi connectivity index (χ1v) is 9.13.